The standard InChI is InChI=1S/C19H31N3O4/c1-4-7-15-8-9-16(26-15)12-22-11-14(20-18(24)13-23)10-17(22)19(25)21(5-2)6-3/h8-9,14,17,23H,4-7,10-13H2,1-3H3,(H,20,24)/t14-,17+/m1/s1. The van der Waals surface area contributed by atoms with E-state index in [0.29, 0.717) is 32.6 Å². The van der Waals surface area contributed by atoms with Crippen LogP contribution in [0.2, 0.25) is 0 Å². The fourth-order valence-corrected chi connectivity index (χ4v) is 3.55. The normalized spacial score (nSPS) is 20.3. The minimum atomic E-state index is -0.538. The Morgan fingerprint density at radius 2 is 1.96 bits per heavy atom. The van der Waals surface area contributed by atoms with E-state index in [-0.39, 0.29) is 18.0 Å². The third-order valence-electron chi connectivity index (χ3n) is 4.84. The molecule has 1 aromatic heterocycles. The second kappa shape index (κ2) is 9.73. The minimum absolute atomic E-state index is 0.0797. The number of nitrogens with zero attached hydrogens (tertiary/aromatic N) is 2. The van der Waals surface area contributed by atoms with Crippen molar-refractivity contribution in [2.24, 2.45) is 0 Å². The summed E-state index contributed by atoms with van der Waals surface area (Å²) in [7, 11) is 0. The van der Waals surface area contributed by atoms with Gasteiger partial charge in [-0.25, -0.2) is 0 Å². The number of amides is 2. The van der Waals surface area contributed by atoms with Crippen molar-refractivity contribution in [3.8, 4) is 0 Å². The molecule has 2 heterocycles. The molecule has 0 spiro atoms. The highest BCUT2D eigenvalue weighted by molar-refractivity contribution is 5.83. The van der Waals surface area contributed by atoms with Crippen molar-refractivity contribution in [1.29, 1.82) is 0 Å². The summed E-state index contributed by atoms with van der Waals surface area (Å²) in [6.45, 7) is 7.92. The molecule has 0 radical (unpaired) electrons. The number of hydrogen-bond acceptors (Lipinski definition) is 5. The number of hydrogen-bond donors (Lipinski definition) is 2. The Balaban J connectivity index is 2.11. The van der Waals surface area contributed by atoms with Crippen LogP contribution in [0.5, 0.6) is 0 Å². The highest BCUT2D eigenvalue weighted by Crippen LogP contribution is 2.24. The van der Waals surface area contributed by atoms with Crippen LogP contribution >= 0.6 is 0 Å². The van der Waals surface area contributed by atoms with E-state index in [9.17, 15) is 9.59 Å². The molecule has 26 heavy (non-hydrogen) atoms. The monoisotopic (exact) mass is 365 g/mol. The molecule has 1 aliphatic heterocycles. The summed E-state index contributed by atoms with van der Waals surface area (Å²) in [6.07, 6.45) is 2.47. The van der Waals surface area contributed by atoms with Gasteiger partial charge in [0.2, 0.25) is 11.8 Å². The number of carbonyl (C=O) groups is 2. The largest absolute Gasteiger partial charge is 0.465 e. The van der Waals surface area contributed by atoms with Crippen molar-refractivity contribution in [2.75, 3.05) is 26.2 Å². The molecule has 0 bridgehead atoms. The first-order valence-electron chi connectivity index (χ1n) is 9.52. The molecular weight excluding hydrogens is 334 g/mol. The zero-order valence-electron chi connectivity index (χ0n) is 16.0. The van der Waals surface area contributed by atoms with Gasteiger partial charge in [-0.2, -0.15) is 0 Å². The molecule has 1 aromatic rings. The lowest BCUT2D eigenvalue weighted by Crippen LogP contribution is -2.45. The van der Waals surface area contributed by atoms with E-state index < -0.39 is 12.5 Å². The quantitative estimate of drug-likeness (QED) is 0.686. The lowest BCUT2D eigenvalue weighted by molar-refractivity contribution is -0.136. The first-order chi connectivity index (χ1) is 12.5. The molecule has 0 unspecified atom stereocenters. The topological polar surface area (TPSA) is 86.0 Å². The average molecular weight is 365 g/mol. The minimum Gasteiger partial charge on any atom is -0.465 e. The summed E-state index contributed by atoms with van der Waals surface area (Å²) in [4.78, 5) is 28.3. The van der Waals surface area contributed by atoms with Crippen molar-refractivity contribution < 1.29 is 19.1 Å². The van der Waals surface area contributed by atoms with Crippen molar-refractivity contribution in [3.05, 3.63) is 23.7 Å². The van der Waals surface area contributed by atoms with Crippen molar-refractivity contribution in [2.45, 2.75) is 58.7 Å². The van der Waals surface area contributed by atoms with Gasteiger partial charge in [0, 0.05) is 32.1 Å². The van der Waals surface area contributed by atoms with Gasteiger partial charge in [0.15, 0.2) is 0 Å². The lowest BCUT2D eigenvalue weighted by atomic mass is 10.1. The van der Waals surface area contributed by atoms with E-state index in [1.54, 1.807) is 0 Å². The average Bonchev–Trinajstić information content (AvgIpc) is 3.23. The van der Waals surface area contributed by atoms with Crippen molar-refractivity contribution in [1.82, 2.24) is 15.1 Å². The van der Waals surface area contributed by atoms with E-state index in [4.69, 9.17) is 9.52 Å². The Hall–Kier alpha value is -1.86. The number of aliphatic hydroxyl groups excluding tert-OH is 1. The molecule has 2 amide bonds. The van der Waals surface area contributed by atoms with Crippen LogP contribution in [0.15, 0.2) is 16.5 Å². The van der Waals surface area contributed by atoms with Gasteiger partial charge in [-0.15, -0.1) is 0 Å². The molecular formula is C19H31N3O4. The first-order valence-corrected chi connectivity index (χ1v) is 9.52. The molecule has 1 saturated heterocycles. The second-order valence-electron chi connectivity index (χ2n) is 6.73. The Morgan fingerprint density at radius 3 is 2.58 bits per heavy atom. The van der Waals surface area contributed by atoms with Gasteiger partial charge < -0.3 is 19.7 Å². The maximum atomic E-state index is 12.9. The van der Waals surface area contributed by atoms with Crippen LogP contribution in [-0.2, 0) is 22.6 Å². The third-order valence-corrected chi connectivity index (χ3v) is 4.84. The Kier molecular flexibility index (Phi) is 7.66. The van der Waals surface area contributed by atoms with Gasteiger partial charge in [-0.3, -0.25) is 14.5 Å². The maximum absolute atomic E-state index is 12.9. The SMILES string of the molecule is CCCc1ccc(CN2C[C@H](NC(=O)CO)C[C@H]2C(=O)N(CC)CC)o1. The van der Waals surface area contributed by atoms with Gasteiger partial charge in [-0.05, 0) is 38.8 Å². The predicted molar refractivity (Wildman–Crippen MR) is 98.5 cm³/mol. The third kappa shape index (κ3) is 5.08. The number of furan rings is 1. The maximum Gasteiger partial charge on any atom is 0.245 e. The number of carbonyl (C=O) groups excluding carboxylic acids is 2. The molecule has 7 nitrogen and oxygen atoms in total. The molecule has 0 aliphatic carbocycles. The van der Waals surface area contributed by atoms with E-state index in [0.717, 1.165) is 24.4 Å². The van der Waals surface area contributed by atoms with Crippen LogP contribution in [-0.4, -0.2) is 65.0 Å². The Bertz CT molecular complexity index is 597. The van der Waals surface area contributed by atoms with Gasteiger partial charge in [0.25, 0.3) is 0 Å². The smallest absolute Gasteiger partial charge is 0.245 e. The summed E-state index contributed by atoms with van der Waals surface area (Å²) >= 11 is 0. The zero-order chi connectivity index (χ0) is 19.1. The van der Waals surface area contributed by atoms with E-state index >= 15 is 0 Å². The van der Waals surface area contributed by atoms with Crippen LogP contribution in [0.4, 0.5) is 0 Å². The predicted octanol–water partition coefficient (Wildman–Crippen LogP) is 1.15. The second-order valence-corrected chi connectivity index (χ2v) is 6.73. The highest BCUT2D eigenvalue weighted by Gasteiger charge is 2.39. The van der Waals surface area contributed by atoms with Crippen LogP contribution in [0.25, 0.3) is 0 Å². The molecule has 2 rings (SSSR count). The molecule has 0 saturated carbocycles. The number of likely N-dealkylation sites (tertiary alicyclic amines) is 1. The van der Waals surface area contributed by atoms with Gasteiger partial charge in [0.1, 0.15) is 18.1 Å². The zero-order valence-corrected chi connectivity index (χ0v) is 16.0. The summed E-state index contributed by atoms with van der Waals surface area (Å²) in [5.41, 5.74) is 0. The van der Waals surface area contributed by atoms with Crippen molar-refractivity contribution >= 4 is 11.8 Å². The number of aliphatic hydroxyl groups is 1. The fraction of sp³-hybridized carbons (Fsp3) is 0.684. The van der Waals surface area contributed by atoms with Crippen LogP contribution in [0.3, 0.4) is 0 Å². The van der Waals surface area contributed by atoms with E-state index in [2.05, 4.69) is 17.1 Å². The molecule has 2 atom stereocenters. The molecule has 146 valence electrons. The molecule has 7 heteroatoms. The number of rotatable bonds is 9. The van der Waals surface area contributed by atoms with Gasteiger partial charge in [0.05, 0.1) is 12.6 Å². The van der Waals surface area contributed by atoms with Crippen LogP contribution < -0.4 is 5.32 Å². The van der Waals surface area contributed by atoms with Crippen molar-refractivity contribution in [3.63, 3.8) is 0 Å². The lowest BCUT2D eigenvalue weighted by Gasteiger charge is -2.28. The Labute approximate surface area is 155 Å². The van der Waals surface area contributed by atoms with Gasteiger partial charge >= 0.3 is 0 Å². The Morgan fingerprint density at radius 1 is 1.27 bits per heavy atom. The summed E-state index contributed by atoms with van der Waals surface area (Å²) < 4.78 is 5.87. The first kappa shape index (κ1) is 20.5. The molecule has 1 fully saturated rings. The number of nitrogens with one attached hydrogen (secondary N) is 1. The van der Waals surface area contributed by atoms with Crippen LogP contribution in [0.1, 0.15) is 45.1 Å². The molecule has 1 aliphatic rings. The number of aryl methyl sites for hydroxylation is 1. The highest BCUT2D eigenvalue weighted by atomic mass is 16.3. The summed E-state index contributed by atoms with van der Waals surface area (Å²) in [5.74, 6) is 1.46. The summed E-state index contributed by atoms with van der Waals surface area (Å²) in [5, 5.41) is 11.8. The number of likely N-dealkylation sites (N-methyl/N-ethyl adjacent to an activating group) is 1. The van der Waals surface area contributed by atoms with E-state index in [1.807, 2.05) is 30.9 Å². The van der Waals surface area contributed by atoms with Crippen LogP contribution in [0, 0.1) is 0 Å². The molecule has 2 N–H and O–H groups in total. The summed E-state index contributed by atoms with van der Waals surface area (Å²) in [6, 6.07) is 3.51. The van der Waals surface area contributed by atoms with Gasteiger partial charge in [-0.1, -0.05) is 6.92 Å². The molecule has 0 aromatic carbocycles. The fourth-order valence-electron chi connectivity index (χ4n) is 3.55. The van der Waals surface area contributed by atoms with E-state index in [1.165, 1.54) is 0 Å².